The van der Waals surface area contributed by atoms with E-state index >= 15 is 0 Å². The first-order valence-electron chi connectivity index (χ1n) is 22.2. The molecule has 55 heavy (non-hydrogen) atoms. The second-order valence-corrected chi connectivity index (χ2v) is 17.5. The lowest BCUT2D eigenvalue weighted by Gasteiger charge is -2.28. The quantitative estimate of drug-likeness (QED) is 0.0198. The van der Waals surface area contributed by atoms with E-state index < -0.39 is 32.5 Å². The van der Waals surface area contributed by atoms with Crippen LogP contribution in [0.1, 0.15) is 187 Å². The maximum atomic E-state index is 12.7. The Morgan fingerprint density at radius 3 is 1.49 bits per heavy atom. The van der Waals surface area contributed by atoms with Crippen LogP contribution in [0.4, 0.5) is 0 Å². The summed E-state index contributed by atoms with van der Waals surface area (Å²) in [6.07, 6.45) is 41.6. The third-order valence-electron chi connectivity index (χ3n) is 9.38. The number of esters is 2. The van der Waals surface area contributed by atoms with E-state index in [1.807, 2.05) is 21.1 Å². The molecule has 0 aliphatic rings. The number of hydrogen-bond donors (Lipinski definition) is 0. The highest BCUT2D eigenvalue weighted by Crippen LogP contribution is 2.38. The number of quaternary nitrogens is 1. The van der Waals surface area contributed by atoms with Crippen LogP contribution >= 0.6 is 7.82 Å². The Balaban J connectivity index is 4.37. The van der Waals surface area contributed by atoms with E-state index in [1.165, 1.54) is 83.5 Å². The van der Waals surface area contributed by atoms with Crippen molar-refractivity contribution < 1.29 is 42.1 Å². The van der Waals surface area contributed by atoms with Crippen molar-refractivity contribution in [1.82, 2.24) is 0 Å². The molecule has 0 saturated carbocycles. The zero-order chi connectivity index (χ0) is 40.7. The maximum absolute atomic E-state index is 12.7. The van der Waals surface area contributed by atoms with Crippen molar-refractivity contribution >= 4 is 19.8 Å². The SMILES string of the molecule is CCCCC/C=C\C/C=C\CCCCCCCCCC(=O)OC[C@H](COP(=O)([O-])OCC[N+](C)(C)C)OC(=O)CCCCCCC/C=C\CCCCCCC. The Kier molecular flexibility index (Phi) is 36.6. The molecule has 9 nitrogen and oxygen atoms in total. The van der Waals surface area contributed by atoms with Gasteiger partial charge in [-0.05, 0) is 70.6 Å². The summed E-state index contributed by atoms with van der Waals surface area (Å²) in [5.41, 5.74) is 0. The fourth-order valence-electron chi connectivity index (χ4n) is 5.85. The van der Waals surface area contributed by atoms with Crippen LogP contribution in [0.2, 0.25) is 0 Å². The second kappa shape index (κ2) is 37.8. The van der Waals surface area contributed by atoms with Gasteiger partial charge in [-0.25, -0.2) is 0 Å². The Morgan fingerprint density at radius 2 is 0.982 bits per heavy atom. The molecule has 0 spiro atoms. The van der Waals surface area contributed by atoms with Gasteiger partial charge in [-0.1, -0.05) is 140 Å². The third kappa shape index (κ3) is 41.7. The van der Waals surface area contributed by atoms with Gasteiger partial charge in [0.15, 0.2) is 6.10 Å². The summed E-state index contributed by atoms with van der Waals surface area (Å²) < 4.78 is 33.9. The average Bonchev–Trinajstić information content (AvgIpc) is 3.13. The molecule has 0 bridgehead atoms. The van der Waals surface area contributed by atoms with Crippen LogP contribution in [-0.2, 0) is 32.7 Å². The largest absolute Gasteiger partial charge is 0.756 e. The minimum atomic E-state index is -4.63. The van der Waals surface area contributed by atoms with Crippen LogP contribution in [0.25, 0.3) is 0 Å². The molecule has 0 aromatic rings. The van der Waals surface area contributed by atoms with E-state index in [1.54, 1.807) is 0 Å². The van der Waals surface area contributed by atoms with Gasteiger partial charge in [-0.3, -0.25) is 14.2 Å². The van der Waals surface area contributed by atoms with Crippen LogP contribution in [0.5, 0.6) is 0 Å². The van der Waals surface area contributed by atoms with E-state index in [4.69, 9.17) is 18.5 Å². The highest BCUT2D eigenvalue weighted by atomic mass is 31.2. The van der Waals surface area contributed by atoms with Gasteiger partial charge in [0.2, 0.25) is 0 Å². The molecule has 0 heterocycles. The highest BCUT2D eigenvalue weighted by Gasteiger charge is 2.21. The van der Waals surface area contributed by atoms with E-state index in [2.05, 4.69) is 50.3 Å². The normalized spacial score (nSPS) is 13.9. The molecule has 0 aromatic heterocycles. The standard InChI is InChI=1S/C45H84NO8P/c1-6-8-10-12-14-16-18-20-22-23-24-26-27-29-31-33-35-37-44(47)51-41-43(42-53-55(49,50)52-40-39-46(3,4)5)54-45(48)38-36-34-32-30-28-25-21-19-17-15-13-11-9-7-2/h14,16,19-22,43H,6-13,15,17-18,23-42H2,1-5H3/b16-14-,21-19-,22-20-/t43-/m1/s1. The Bertz CT molecular complexity index is 1040. The van der Waals surface area contributed by atoms with E-state index in [0.717, 1.165) is 70.6 Å². The molecule has 322 valence electrons. The van der Waals surface area contributed by atoms with Crippen molar-refractivity contribution in [1.29, 1.82) is 0 Å². The Hall–Kier alpha value is -1.77. The minimum absolute atomic E-state index is 0.0339. The molecular formula is C45H84NO8P. The summed E-state index contributed by atoms with van der Waals surface area (Å²) in [6.45, 7) is 4.17. The van der Waals surface area contributed by atoms with Crippen LogP contribution in [0.15, 0.2) is 36.5 Å². The average molecular weight is 798 g/mol. The summed E-state index contributed by atoms with van der Waals surface area (Å²) in [5.74, 6) is -0.852. The number of rotatable bonds is 40. The molecule has 0 amide bonds. The number of allylic oxidation sites excluding steroid dienone is 6. The van der Waals surface area contributed by atoms with Gasteiger partial charge in [0.25, 0.3) is 7.82 Å². The zero-order valence-electron chi connectivity index (χ0n) is 36.1. The predicted molar refractivity (Wildman–Crippen MR) is 227 cm³/mol. The molecular weight excluding hydrogens is 713 g/mol. The molecule has 0 fully saturated rings. The Morgan fingerprint density at radius 1 is 0.564 bits per heavy atom. The van der Waals surface area contributed by atoms with Crippen LogP contribution in [0, 0.1) is 0 Å². The number of carbonyl (C=O) groups is 2. The van der Waals surface area contributed by atoms with Gasteiger partial charge < -0.3 is 27.9 Å². The summed E-state index contributed by atoms with van der Waals surface area (Å²) >= 11 is 0. The number of likely N-dealkylation sites (N-methyl/N-ethyl adjacent to an activating group) is 1. The highest BCUT2D eigenvalue weighted by molar-refractivity contribution is 7.45. The molecule has 0 rings (SSSR count). The van der Waals surface area contributed by atoms with Gasteiger partial charge in [0, 0.05) is 12.8 Å². The smallest absolute Gasteiger partial charge is 0.306 e. The van der Waals surface area contributed by atoms with Gasteiger partial charge >= 0.3 is 11.9 Å². The van der Waals surface area contributed by atoms with Gasteiger partial charge in [0.05, 0.1) is 27.7 Å². The minimum Gasteiger partial charge on any atom is -0.756 e. The van der Waals surface area contributed by atoms with Gasteiger partial charge in [-0.15, -0.1) is 0 Å². The van der Waals surface area contributed by atoms with E-state index in [9.17, 15) is 19.0 Å². The van der Waals surface area contributed by atoms with Crippen LogP contribution in [-0.4, -0.2) is 70.0 Å². The fraction of sp³-hybridized carbons (Fsp3) is 0.822. The van der Waals surface area contributed by atoms with Crippen molar-refractivity contribution in [3.63, 3.8) is 0 Å². The number of phosphoric acid groups is 1. The van der Waals surface area contributed by atoms with Crippen molar-refractivity contribution in [2.24, 2.45) is 0 Å². The first-order valence-corrected chi connectivity index (χ1v) is 23.7. The van der Waals surface area contributed by atoms with Gasteiger partial charge in [-0.2, -0.15) is 0 Å². The molecule has 0 aromatic carbocycles. The summed E-state index contributed by atoms with van der Waals surface area (Å²) in [6, 6.07) is 0. The van der Waals surface area contributed by atoms with E-state index in [-0.39, 0.29) is 26.1 Å². The Labute approximate surface area is 338 Å². The zero-order valence-corrected chi connectivity index (χ0v) is 37.0. The molecule has 2 atom stereocenters. The maximum Gasteiger partial charge on any atom is 0.306 e. The number of ether oxygens (including phenoxy) is 2. The first-order chi connectivity index (χ1) is 26.5. The second-order valence-electron chi connectivity index (χ2n) is 16.1. The summed E-state index contributed by atoms with van der Waals surface area (Å²) in [4.78, 5) is 37.5. The van der Waals surface area contributed by atoms with Crippen LogP contribution in [0.3, 0.4) is 0 Å². The number of unbranched alkanes of at least 4 members (excludes halogenated alkanes) is 20. The third-order valence-corrected chi connectivity index (χ3v) is 10.3. The molecule has 1 unspecified atom stereocenters. The van der Waals surface area contributed by atoms with Crippen molar-refractivity contribution in [2.75, 3.05) is 47.5 Å². The van der Waals surface area contributed by atoms with Gasteiger partial charge in [0.1, 0.15) is 19.8 Å². The number of hydrogen-bond acceptors (Lipinski definition) is 8. The predicted octanol–water partition coefficient (Wildman–Crippen LogP) is 11.9. The molecule has 0 N–H and O–H groups in total. The fourth-order valence-corrected chi connectivity index (χ4v) is 6.58. The molecule has 0 aliphatic carbocycles. The lowest BCUT2D eigenvalue weighted by Crippen LogP contribution is -2.37. The topological polar surface area (TPSA) is 111 Å². The lowest BCUT2D eigenvalue weighted by atomic mass is 10.1. The van der Waals surface area contributed by atoms with Crippen molar-refractivity contribution in [3.8, 4) is 0 Å². The lowest BCUT2D eigenvalue weighted by molar-refractivity contribution is -0.870. The van der Waals surface area contributed by atoms with E-state index in [0.29, 0.717) is 17.4 Å². The van der Waals surface area contributed by atoms with Crippen molar-refractivity contribution in [3.05, 3.63) is 36.5 Å². The molecule has 0 aliphatic heterocycles. The molecule has 0 radical (unpaired) electrons. The number of carbonyl (C=O) groups excluding carboxylic acids is 2. The number of nitrogens with zero attached hydrogens (tertiary/aromatic N) is 1. The number of phosphoric ester groups is 1. The molecule has 0 saturated heterocycles. The summed E-state index contributed by atoms with van der Waals surface area (Å²) in [5, 5.41) is 0. The molecule has 10 heteroatoms. The van der Waals surface area contributed by atoms with Crippen LogP contribution < -0.4 is 4.89 Å². The first kappa shape index (κ1) is 53.2. The summed E-state index contributed by atoms with van der Waals surface area (Å²) in [7, 11) is 1.15. The monoisotopic (exact) mass is 798 g/mol. The van der Waals surface area contributed by atoms with Crippen molar-refractivity contribution in [2.45, 2.75) is 193 Å².